The second-order valence-electron chi connectivity index (χ2n) is 5.35. The Hall–Kier alpha value is -0.810. The topological polar surface area (TPSA) is 70.6 Å². The number of hydrazine groups is 1. The molecular weight excluding hydrogens is 220 g/mol. The largest absolute Gasteiger partial charge is 0.443 e. The monoisotopic (exact) mass is 246 g/mol. The number of aliphatic hydroxyl groups excluding tert-OH is 1. The SMILES string of the molecule is CCC(CC)(CO)CNNC(=O)OC(C)(C)C. The molecule has 0 bridgehead atoms. The first-order valence-electron chi connectivity index (χ1n) is 6.11. The molecule has 0 aromatic heterocycles. The molecule has 5 heteroatoms. The second kappa shape index (κ2) is 6.81. The van der Waals surface area contributed by atoms with E-state index in [4.69, 9.17) is 4.74 Å². The van der Waals surface area contributed by atoms with Crippen LogP contribution in [-0.2, 0) is 4.74 Å². The fraction of sp³-hybridized carbons (Fsp3) is 0.917. The van der Waals surface area contributed by atoms with Gasteiger partial charge in [-0.15, -0.1) is 0 Å². The Labute approximate surface area is 104 Å². The number of hydrogen-bond donors (Lipinski definition) is 3. The molecule has 0 rings (SSSR count). The van der Waals surface area contributed by atoms with Gasteiger partial charge in [0.15, 0.2) is 0 Å². The van der Waals surface area contributed by atoms with Gasteiger partial charge in [0.25, 0.3) is 0 Å². The van der Waals surface area contributed by atoms with Gasteiger partial charge in [-0.05, 0) is 33.6 Å². The number of rotatable bonds is 6. The second-order valence-corrected chi connectivity index (χ2v) is 5.35. The van der Waals surface area contributed by atoms with Crippen molar-refractivity contribution in [2.75, 3.05) is 13.2 Å². The van der Waals surface area contributed by atoms with Crippen molar-refractivity contribution in [3.8, 4) is 0 Å². The molecule has 0 saturated carbocycles. The van der Waals surface area contributed by atoms with Crippen molar-refractivity contribution in [3.05, 3.63) is 0 Å². The normalized spacial score (nSPS) is 12.4. The van der Waals surface area contributed by atoms with Gasteiger partial charge < -0.3 is 9.84 Å². The molecule has 0 aliphatic heterocycles. The lowest BCUT2D eigenvalue weighted by Crippen LogP contribution is -2.47. The molecule has 0 aromatic carbocycles. The minimum Gasteiger partial charge on any atom is -0.443 e. The summed E-state index contributed by atoms with van der Waals surface area (Å²) >= 11 is 0. The van der Waals surface area contributed by atoms with E-state index in [2.05, 4.69) is 10.9 Å². The fourth-order valence-corrected chi connectivity index (χ4v) is 1.39. The average Bonchev–Trinajstić information content (AvgIpc) is 2.22. The van der Waals surface area contributed by atoms with Gasteiger partial charge in [0.05, 0.1) is 0 Å². The summed E-state index contributed by atoms with van der Waals surface area (Å²) in [6.45, 7) is 10.1. The standard InChI is InChI=1S/C12H26N2O3/c1-6-12(7-2,9-15)8-13-14-10(16)17-11(3,4)5/h13,15H,6-9H2,1-5H3,(H,14,16). The smallest absolute Gasteiger partial charge is 0.422 e. The number of nitrogens with one attached hydrogen (secondary N) is 2. The van der Waals surface area contributed by atoms with E-state index in [-0.39, 0.29) is 12.0 Å². The molecule has 0 aliphatic carbocycles. The molecule has 0 fully saturated rings. The maximum Gasteiger partial charge on any atom is 0.422 e. The van der Waals surface area contributed by atoms with Crippen molar-refractivity contribution in [2.24, 2.45) is 5.41 Å². The van der Waals surface area contributed by atoms with Crippen LogP contribution in [0.15, 0.2) is 0 Å². The van der Waals surface area contributed by atoms with Gasteiger partial charge in [0.2, 0.25) is 0 Å². The van der Waals surface area contributed by atoms with E-state index in [1.165, 1.54) is 0 Å². The summed E-state index contributed by atoms with van der Waals surface area (Å²) in [7, 11) is 0. The molecule has 17 heavy (non-hydrogen) atoms. The van der Waals surface area contributed by atoms with Gasteiger partial charge in [-0.25, -0.2) is 10.2 Å². The Morgan fingerprint density at radius 2 is 1.76 bits per heavy atom. The summed E-state index contributed by atoms with van der Waals surface area (Å²) in [6, 6.07) is 0. The lowest BCUT2D eigenvalue weighted by atomic mass is 9.83. The molecular formula is C12H26N2O3. The van der Waals surface area contributed by atoms with Crippen LogP contribution < -0.4 is 10.9 Å². The van der Waals surface area contributed by atoms with Crippen LogP contribution in [0.5, 0.6) is 0 Å². The highest BCUT2D eigenvalue weighted by molar-refractivity contribution is 5.66. The van der Waals surface area contributed by atoms with E-state index in [9.17, 15) is 9.90 Å². The predicted molar refractivity (Wildman–Crippen MR) is 67.5 cm³/mol. The zero-order valence-electron chi connectivity index (χ0n) is 11.6. The van der Waals surface area contributed by atoms with Gasteiger partial charge in [-0.1, -0.05) is 13.8 Å². The number of ether oxygens (including phenoxy) is 1. The molecule has 0 heterocycles. The number of carbonyl (C=O) groups excluding carboxylic acids is 1. The third-order valence-corrected chi connectivity index (χ3v) is 2.89. The van der Waals surface area contributed by atoms with E-state index >= 15 is 0 Å². The molecule has 102 valence electrons. The zero-order chi connectivity index (χ0) is 13.5. The van der Waals surface area contributed by atoms with Gasteiger partial charge in [-0.2, -0.15) is 0 Å². The highest BCUT2D eigenvalue weighted by Crippen LogP contribution is 2.23. The van der Waals surface area contributed by atoms with Crippen molar-refractivity contribution in [1.29, 1.82) is 0 Å². The van der Waals surface area contributed by atoms with Crippen molar-refractivity contribution >= 4 is 6.09 Å². The first-order valence-corrected chi connectivity index (χ1v) is 6.11. The summed E-state index contributed by atoms with van der Waals surface area (Å²) in [4.78, 5) is 11.4. The summed E-state index contributed by atoms with van der Waals surface area (Å²) in [6.07, 6.45) is 1.20. The van der Waals surface area contributed by atoms with Crippen LogP contribution in [0, 0.1) is 5.41 Å². The molecule has 0 atom stereocenters. The van der Waals surface area contributed by atoms with E-state index in [1.807, 2.05) is 34.6 Å². The fourth-order valence-electron chi connectivity index (χ4n) is 1.39. The first-order chi connectivity index (χ1) is 7.78. The van der Waals surface area contributed by atoms with Crippen LogP contribution in [0.1, 0.15) is 47.5 Å². The van der Waals surface area contributed by atoms with Crippen LogP contribution in [0.2, 0.25) is 0 Å². The molecule has 0 aromatic rings. The molecule has 0 radical (unpaired) electrons. The summed E-state index contributed by atoms with van der Waals surface area (Å²) in [5.74, 6) is 0. The van der Waals surface area contributed by atoms with E-state index < -0.39 is 11.7 Å². The van der Waals surface area contributed by atoms with E-state index in [0.717, 1.165) is 12.8 Å². The van der Waals surface area contributed by atoms with Crippen molar-refractivity contribution in [3.63, 3.8) is 0 Å². The van der Waals surface area contributed by atoms with E-state index in [0.29, 0.717) is 6.54 Å². The number of aliphatic hydroxyl groups is 1. The molecule has 0 aliphatic rings. The Morgan fingerprint density at radius 3 is 2.12 bits per heavy atom. The van der Waals surface area contributed by atoms with Gasteiger partial charge in [-0.3, -0.25) is 5.43 Å². The zero-order valence-corrected chi connectivity index (χ0v) is 11.6. The van der Waals surface area contributed by atoms with Crippen LogP contribution in [0.25, 0.3) is 0 Å². The third kappa shape index (κ3) is 6.48. The van der Waals surface area contributed by atoms with Gasteiger partial charge in [0, 0.05) is 18.6 Å². The Kier molecular flexibility index (Phi) is 6.49. The van der Waals surface area contributed by atoms with Crippen molar-refractivity contribution in [2.45, 2.75) is 53.1 Å². The van der Waals surface area contributed by atoms with Crippen LogP contribution in [-0.4, -0.2) is 30.0 Å². The minimum absolute atomic E-state index is 0.100. The predicted octanol–water partition coefficient (Wildman–Crippen LogP) is 1.81. The average molecular weight is 246 g/mol. The molecule has 5 nitrogen and oxygen atoms in total. The van der Waals surface area contributed by atoms with Crippen LogP contribution in [0.4, 0.5) is 4.79 Å². The highest BCUT2D eigenvalue weighted by atomic mass is 16.6. The van der Waals surface area contributed by atoms with Crippen LogP contribution in [0.3, 0.4) is 0 Å². The molecule has 0 saturated heterocycles. The Bertz CT molecular complexity index is 224. The minimum atomic E-state index is -0.505. The number of amides is 1. The summed E-state index contributed by atoms with van der Waals surface area (Å²) < 4.78 is 5.08. The Morgan fingerprint density at radius 1 is 1.24 bits per heavy atom. The maximum absolute atomic E-state index is 11.4. The van der Waals surface area contributed by atoms with E-state index in [1.54, 1.807) is 0 Å². The van der Waals surface area contributed by atoms with Crippen molar-refractivity contribution in [1.82, 2.24) is 10.9 Å². The lowest BCUT2D eigenvalue weighted by molar-refractivity contribution is 0.0464. The van der Waals surface area contributed by atoms with Gasteiger partial charge in [0.1, 0.15) is 5.60 Å². The van der Waals surface area contributed by atoms with Crippen LogP contribution >= 0.6 is 0 Å². The first kappa shape index (κ1) is 16.2. The highest BCUT2D eigenvalue weighted by Gasteiger charge is 2.25. The molecule has 3 N–H and O–H groups in total. The molecule has 0 unspecified atom stereocenters. The maximum atomic E-state index is 11.4. The lowest BCUT2D eigenvalue weighted by Gasteiger charge is -2.29. The summed E-state index contributed by atoms with van der Waals surface area (Å²) in [5.41, 5.74) is 4.60. The Balaban J connectivity index is 4.01. The number of carbonyl (C=O) groups is 1. The molecule has 0 spiro atoms. The van der Waals surface area contributed by atoms with Crippen molar-refractivity contribution < 1.29 is 14.6 Å². The third-order valence-electron chi connectivity index (χ3n) is 2.89. The number of hydrogen-bond acceptors (Lipinski definition) is 4. The molecule has 1 amide bonds. The van der Waals surface area contributed by atoms with Gasteiger partial charge >= 0.3 is 6.09 Å². The quantitative estimate of drug-likeness (QED) is 0.625. The summed E-state index contributed by atoms with van der Waals surface area (Å²) in [5, 5.41) is 9.34.